The molecule has 3 unspecified atom stereocenters. The van der Waals surface area contributed by atoms with Crippen LogP contribution in [0, 0.1) is 0 Å². The fraction of sp³-hybridized carbons (Fsp3) is 0.300. The zero-order chi connectivity index (χ0) is 20.0. The van der Waals surface area contributed by atoms with E-state index in [2.05, 4.69) is 37.4 Å². The number of halogens is 1. The predicted molar refractivity (Wildman–Crippen MR) is 109 cm³/mol. The molecule has 0 spiro atoms. The van der Waals surface area contributed by atoms with Crippen molar-refractivity contribution < 1.29 is 4.39 Å². The van der Waals surface area contributed by atoms with Gasteiger partial charge in [0.15, 0.2) is 5.82 Å². The third-order valence-electron chi connectivity index (χ3n) is 5.36. The van der Waals surface area contributed by atoms with Crippen molar-refractivity contribution in [3.8, 4) is 0 Å². The molecule has 0 bridgehead atoms. The maximum atomic E-state index is 13.2. The van der Waals surface area contributed by atoms with Crippen molar-refractivity contribution in [3.63, 3.8) is 0 Å². The van der Waals surface area contributed by atoms with Crippen LogP contribution < -0.4 is 10.2 Å². The summed E-state index contributed by atoms with van der Waals surface area (Å²) in [6.45, 7) is 2.06. The van der Waals surface area contributed by atoms with Crippen molar-refractivity contribution >= 4 is 28.6 Å². The predicted octanol–water partition coefficient (Wildman–Crippen LogP) is 3.84. The number of hydrogen-bond donors (Lipinski definition) is 3. The summed E-state index contributed by atoms with van der Waals surface area (Å²) < 4.78 is 13.2. The van der Waals surface area contributed by atoms with Crippen LogP contribution in [0.1, 0.15) is 36.7 Å². The number of pyridine rings is 1. The number of anilines is 3. The number of alkyl halides is 1. The maximum Gasteiger partial charge on any atom is 0.227 e. The van der Waals surface area contributed by atoms with Crippen molar-refractivity contribution in [2.75, 3.05) is 17.3 Å². The first-order valence-electron chi connectivity index (χ1n) is 9.55. The monoisotopic (exact) mass is 392 g/mol. The molecule has 5 rings (SSSR count). The van der Waals surface area contributed by atoms with Gasteiger partial charge in [-0.15, -0.1) is 0 Å². The van der Waals surface area contributed by atoms with E-state index < -0.39 is 6.17 Å². The molecule has 0 amide bonds. The lowest BCUT2D eigenvalue weighted by Gasteiger charge is -2.24. The highest BCUT2D eigenvalue weighted by molar-refractivity contribution is 5.74. The molecule has 1 saturated carbocycles. The molecule has 0 aliphatic heterocycles. The summed E-state index contributed by atoms with van der Waals surface area (Å²) in [4.78, 5) is 18.8. The number of rotatable bonds is 6. The lowest BCUT2D eigenvalue weighted by Crippen LogP contribution is -2.24. The average molecular weight is 392 g/mol. The summed E-state index contributed by atoms with van der Waals surface area (Å²) in [6, 6.07) is 9.57. The minimum Gasteiger partial charge on any atom is -0.360 e. The van der Waals surface area contributed by atoms with E-state index in [9.17, 15) is 4.39 Å². The lowest BCUT2D eigenvalue weighted by atomic mass is 10.2. The fourth-order valence-electron chi connectivity index (χ4n) is 3.35. The van der Waals surface area contributed by atoms with Gasteiger partial charge in [-0.25, -0.2) is 14.4 Å². The Hall–Kier alpha value is -3.49. The van der Waals surface area contributed by atoms with Crippen LogP contribution in [0.2, 0.25) is 0 Å². The van der Waals surface area contributed by atoms with E-state index in [1.807, 2.05) is 42.4 Å². The van der Waals surface area contributed by atoms with Gasteiger partial charge in [0.2, 0.25) is 5.95 Å². The molecule has 9 heteroatoms. The van der Waals surface area contributed by atoms with Crippen LogP contribution in [0.4, 0.5) is 22.0 Å². The van der Waals surface area contributed by atoms with Crippen LogP contribution in [0.5, 0.6) is 0 Å². The van der Waals surface area contributed by atoms with Gasteiger partial charge in [-0.3, -0.25) is 5.10 Å². The zero-order valence-corrected chi connectivity index (χ0v) is 16.1. The third-order valence-corrected chi connectivity index (χ3v) is 5.36. The van der Waals surface area contributed by atoms with Crippen molar-refractivity contribution in [2.24, 2.45) is 0 Å². The van der Waals surface area contributed by atoms with E-state index in [0.717, 1.165) is 22.4 Å². The molecule has 3 atom stereocenters. The maximum absolute atomic E-state index is 13.2. The molecule has 0 radical (unpaired) electrons. The molecular formula is C20H21FN8. The Labute approximate surface area is 166 Å². The normalized spacial score (nSPS) is 19.3. The van der Waals surface area contributed by atoms with Gasteiger partial charge in [-0.05, 0) is 37.6 Å². The highest BCUT2D eigenvalue weighted by Gasteiger charge is 2.40. The third kappa shape index (κ3) is 3.39. The Morgan fingerprint density at radius 1 is 1.21 bits per heavy atom. The average Bonchev–Trinajstić information content (AvgIpc) is 3.11. The van der Waals surface area contributed by atoms with Gasteiger partial charge in [-0.2, -0.15) is 10.1 Å². The van der Waals surface area contributed by atoms with Crippen molar-refractivity contribution in [3.05, 3.63) is 54.1 Å². The molecular weight excluding hydrogens is 371 g/mol. The van der Waals surface area contributed by atoms with Crippen LogP contribution in [-0.4, -0.2) is 43.4 Å². The van der Waals surface area contributed by atoms with Crippen LogP contribution in [-0.2, 0) is 0 Å². The van der Waals surface area contributed by atoms with Crippen molar-refractivity contribution in [1.29, 1.82) is 0 Å². The van der Waals surface area contributed by atoms with Crippen molar-refractivity contribution in [1.82, 2.24) is 30.1 Å². The number of aromatic amines is 2. The molecule has 29 heavy (non-hydrogen) atoms. The number of nitrogens with zero attached hydrogens (tertiary/aromatic N) is 5. The largest absolute Gasteiger partial charge is 0.360 e. The quantitative estimate of drug-likeness (QED) is 0.461. The molecule has 1 aliphatic carbocycles. The molecule has 3 N–H and O–H groups in total. The minimum absolute atomic E-state index is 0.0158. The zero-order valence-electron chi connectivity index (χ0n) is 16.1. The molecule has 1 aliphatic rings. The second-order valence-corrected chi connectivity index (χ2v) is 7.37. The Morgan fingerprint density at radius 2 is 2.07 bits per heavy atom. The first-order chi connectivity index (χ1) is 14.1. The van der Waals surface area contributed by atoms with E-state index in [-0.39, 0.29) is 12.0 Å². The molecule has 0 aromatic carbocycles. The van der Waals surface area contributed by atoms with Gasteiger partial charge in [0.25, 0.3) is 0 Å². The van der Waals surface area contributed by atoms with Crippen LogP contribution in [0.25, 0.3) is 11.0 Å². The van der Waals surface area contributed by atoms with E-state index in [4.69, 9.17) is 4.98 Å². The molecule has 1 fully saturated rings. The van der Waals surface area contributed by atoms with Gasteiger partial charge in [0.05, 0.1) is 22.8 Å². The van der Waals surface area contributed by atoms with Gasteiger partial charge in [0.1, 0.15) is 12.0 Å². The number of H-pyrrole nitrogens is 2. The van der Waals surface area contributed by atoms with E-state index in [0.29, 0.717) is 24.0 Å². The van der Waals surface area contributed by atoms with Gasteiger partial charge < -0.3 is 15.2 Å². The first-order valence-corrected chi connectivity index (χ1v) is 9.55. The summed E-state index contributed by atoms with van der Waals surface area (Å²) in [7, 11) is 1.94. The SMILES string of the molecule is CC(c1ccc2[nH]ccc2n1)N(C)c1nccc(Nc2cc(C3CC3F)[nH]n2)n1. The van der Waals surface area contributed by atoms with Gasteiger partial charge >= 0.3 is 0 Å². The molecule has 4 heterocycles. The Balaban J connectivity index is 1.33. The first kappa shape index (κ1) is 17.6. The van der Waals surface area contributed by atoms with Crippen LogP contribution >= 0.6 is 0 Å². The second kappa shape index (κ2) is 6.84. The number of hydrogen-bond acceptors (Lipinski definition) is 6. The topological polar surface area (TPSA) is 98.4 Å². The highest BCUT2D eigenvalue weighted by Crippen LogP contribution is 2.43. The Kier molecular flexibility index (Phi) is 4.15. The summed E-state index contributed by atoms with van der Waals surface area (Å²) in [5.41, 5.74) is 3.68. The Bertz CT molecular complexity index is 1150. The number of fused-ring (bicyclic) bond motifs is 1. The number of nitrogens with one attached hydrogen (secondary N) is 3. The summed E-state index contributed by atoms with van der Waals surface area (Å²) in [5, 5.41) is 10.2. The van der Waals surface area contributed by atoms with Gasteiger partial charge in [-0.1, -0.05) is 0 Å². The van der Waals surface area contributed by atoms with Crippen LogP contribution in [0.3, 0.4) is 0 Å². The van der Waals surface area contributed by atoms with E-state index in [1.54, 1.807) is 12.3 Å². The summed E-state index contributed by atoms with van der Waals surface area (Å²) in [6.07, 6.45) is 3.38. The van der Waals surface area contributed by atoms with E-state index >= 15 is 0 Å². The second-order valence-electron chi connectivity index (χ2n) is 7.37. The van der Waals surface area contributed by atoms with Crippen molar-refractivity contribution in [2.45, 2.75) is 31.5 Å². The van der Waals surface area contributed by atoms with Crippen LogP contribution in [0.15, 0.2) is 42.7 Å². The lowest BCUT2D eigenvalue weighted by molar-refractivity contribution is 0.466. The van der Waals surface area contributed by atoms with E-state index in [1.165, 1.54) is 0 Å². The summed E-state index contributed by atoms with van der Waals surface area (Å²) in [5.74, 6) is 1.74. The van der Waals surface area contributed by atoms with Gasteiger partial charge in [0, 0.05) is 37.1 Å². The molecule has 4 aromatic heterocycles. The molecule has 4 aromatic rings. The highest BCUT2D eigenvalue weighted by atomic mass is 19.1. The Morgan fingerprint density at radius 3 is 2.90 bits per heavy atom. The fourth-order valence-corrected chi connectivity index (χ4v) is 3.35. The standard InChI is InChI=1S/C20H21FN8/c1-11(14-3-4-15-16(24-14)5-7-22-15)29(2)20-23-8-6-18(26-20)25-19-10-17(27-28-19)12-9-13(12)21/h3-8,10-13,22H,9H2,1-2H3,(H2,23,25,26,27,28). The molecule has 8 nitrogen and oxygen atoms in total. The summed E-state index contributed by atoms with van der Waals surface area (Å²) >= 11 is 0. The smallest absolute Gasteiger partial charge is 0.227 e. The number of aromatic nitrogens is 6. The minimum atomic E-state index is -0.761. The molecule has 0 saturated heterocycles. The molecule has 148 valence electrons.